The Morgan fingerprint density at radius 3 is 3.07 bits per heavy atom. The normalized spacial score (nSPS) is 27.0. The lowest BCUT2D eigenvalue weighted by Crippen LogP contribution is -2.50. The second-order valence-corrected chi connectivity index (χ2v) is 4.63. The second-order valence-electron chi connectivity index (χ2n) is 4.63. The maximum Gasteiger partial charge on any atom is 0.150 e. The summed E-state index contributed by atoms with van der Waals surface area (Å²) in [7, 11) is 1.98. The van der Waals surface area contributed by atoms with Gasteiger partial charge in [-0.1, -0.05) is 0 Å². The summed E-state index contributed by atoms with van der Waals surface area (Å²) in [5.41, 5.74) is 0. The average molecular weight is 206 g/mol. The van der Waals surface area contributed by atoms with Crippen LogP contribution in [0.15, 0.2) is 12.3 Å². The number of piperazine rings is 1. The molecule has 1 atom stereocenters. The Morgan fingerprint density at radius 2 is 2.27 bits per heavy atom. The molecule has 2 aliphatic heterocycles. The average Bonchev–Trinajstić information content (AvgIpc) is 2.84. The van der Waals surface area contributed by atoms with E-state index in [0.717, 1.165) is 24.9 Å². The topological polar surface area (TPSA) is 24.3 Å². The molecule has 3 rings (SSSR count). The van der Waals surface area contributed by atoms with Gasteiger partial charge in [0.05, 0.1) is 0 Å². The van der Waals surface area contributed by atoms with E-state index < -0.39 is 0 Å². The molecule has 4 nitrogen and oxygen atoms in total. The molecular weight excluding hydrogens is 188 g/mol. The molecule has 4 heteroatoms. The van der Waals surface area contributed by atoms with Crippen LogP contribution in [0.25, 0.3) is 0 Å². The molecule has 0 spiro atoms. The number of aromatic nitrogens is 2. The summed E-state index contributed by atoms with van der Waals surface area (Å²) >= 11 is 0. The van der Waals surface area contributed by atoms with Crippen LogP contribution in [0.4, 0.5) is 5.82 Å². The van der Waals surface area contributed by atoms with Gasteiger partial charge in [-0.2, -0.15) is 5.10 Å². The van der Waals surface area contributed by atoms with Gasteiger partial charge in [-0.15, -0.1) is 0 Å². The largest absolute Gasteiger partial charge is 0.352 e. The van der Waals surface area contributed by atoms with Crippen molar-refractivity contribution in [1.29, 1.82) is 0 Å². The Labute approximate surface area is 90.5 Å². The molecule has 0 saturated carbocycles. The molecule has 0 aromatic carbocycles. The molecule has 0 N–H and O–H groups in total. The first kappa shape index (κ1) is 9.21. The van der Waals surface area contributed by atoms with Crippen LogP contribution in [0.2, 0.25) is 0 Å². The summed E-state index contributed by atoms with van der Waals surface area (Å²) in [5.74, 6) is 1.14. The van der Waals surface area contributed by atoms with E-state index in [2.05, 4.69) is 21.0 Å². The van der Waals surface area contributed by atoms with Crippen molar-refractivity contribution >= 4 is 5.82 Å². The lowest BCUT2D eigenvalue weighted by molar-refractivity contribution is 0.230. The number of rotatable bonds is 1. The molecular formula is C11H18N4. The third kappa shape index (κ3) is 1.63. The highest BCUT2D eigenvalue weighted by Crippen LogP contribution is 2.24. The van der Waals surface area contributed by atoms with Gasteiger partial charge in [0.2, 0.25) is 0 Å². The first-order valence-electron chi connectivity index (χ1n) is 5.81. The van der Waals surface area contributed by atoms with Crippen molar-refractivity contribution in [3.05, 3.63) is 12.3 Å². The molecule has 1 aromatic rings. The maximum atomic E-state index is 4.47. The van der Waals surface area contributed by atoms with Gasteiger partial charge in [0, 0.05) is 45.0 Å². The predicted octanol–water partition coefficient (Wildman–Crippen LogP) is 0.704. The zero-order valence-electron chi connectivity index (χ0n) is 9.26. The highest BCUT2D eigenvalue weighted by atomic mass is 15.4. The van der Waals surface area contributed by atoms with E-state index in [0.29, 0.717) is 0 Å². The molecule has 3 heterocycles. The number of hydrogen-bond donors (Lipinski definition) is 0. The monoisotopic (exact) mass is 206 g/mol. The third-order valence-electron chi connectivity index (χ3n) is 3.61. The Morgan fingerprint density at radius 1 is 1.33 bits per heavy atom. The number of hydrogen-bond acceptors (Lipinski definition) is 3. The number of aryl methyl sites for hydroxylation is 1. The molecule has 1 aromatic heterocycles. The summed E-state index contributed by atoms with van der Waals surface area (Å²) in [6, 6.07) is 2.89. The van der Waals surface area contributed by atoms with Crippen LogP contribution in [-0.4, -0.2) is 46.9 Å². The summed E-state index contributed by atoms with van der Waals surface area (Å²) in [6.07, 6.45) is 4.76. The molecule has 2 aliphatic rings. The summed E-state index contributed by atoms with van der Waals surface area (Å²) in [6.45, 7) is 4.81. The van der Waals surface area contributed by atoms with E-state index in [9.17, 15) is 0 Å². The number of anilines is 1. The van der Waals surface area contributed by atoms with Gasteiger partial charge in [0.15, 0.2) is 5.82 Å². The maximum absolute atomic E-state index is 4.47. The third-order valence-corrected chi connectivity index (χ3v) is 3.61. The minimum atomic E-state index is 0.778. The molecule has 1 unspecified atom stereocenters. The minimum Gasteiger partial charge on any atom is -0.352 e. The summed E-state index contributed by atoms with van der Waals surface area (Å²) in [4.78, 5) is 5.05. The van der Waals surface area contributed by atoms with Crippen LogP contribution in [0.1, 0.15) is 12.8 Å². The smallest absolute Gasteiger partial charge is 0.150 e. The van der Waals surface area contributed by atoms with Crippen molar-refractivity contribution in [2.45, 2.75) is 18.9 Å². The van der Waals surface area contributed by atoms with E-state index in [-0.39, 0.29) is 0 Å². The van der Waals surface area contributed by atoms with Crippen LogP contribution >= 0.6 is 0 Å². The van der Waals surface area contributed by atoms with Crippen molar-refractivity contribution in [3.8, 4) is 0 Å². The van der Waals surface area contributed by atoms with Crippen LogP contribution < -0.4 is 4.90 Å². The molecule has 2 saturated heterocycles. The van der Waals surface area contributed by atoms with E-state index in [4.69, 9.17) is 0 Å². The van der Waals surface area contributed by atoms with Gasteiger partial charge in [-0.05, 0) is 19.4 Å². The SMILES string of the molecule is Cn1ccc(N2CCN3CCCC3C2)n1. The van der Waals surface area contributed by atoms with Gasteiger partial charge in [-0.25, -0.2) is 0 Å². The van der Waals surface area contributed by atoms with Crippen molar-refractivity contribution < 1.29 is 0 Å². The van der Waals surface area contributed by atoms with Crippen molar-refractivity contribution in [2.75, 3.05) is 31.1 Å². The lowest BCUT2D eigenvalue weighted by atomic mass is 10.1. The first-order chi connectivity index (χ1) is 7.33. The van der Waals surface area contributed by atoms with Crippen LogP contribution in [0, 0.1) is 0 Å². The number of nitrogens with zero attached hydrogens (tertiary/aromatic N) is 4. The fourth-order valence-electron chi connectivity index (χ4n) is 2.77. The fourth-order valence-corrected chi connectivity index (χ4v) is 2.77. The summed E-state index contributed by atoms with van der Waals surface area (Å²) in [5, 5.41) is 4.47. The molecule has 0 amide bonds. The first-order valence-corrected chi connectivity index (χ1v) is 5.81. The predicted molar refractivity (Wildman–Crippen MR) is 60.0 cm³/mol. The highest BCUT2D eigenvalue weighted by Gasteiger charge is 2.31. The highest BCUT2D eigenvalue weighted by molar-refractivity contribution is 5.38. The van der Waals surface area contributed by atoms with Crippen molar-refractivity contribution in [1.82, 2.24) is 14.7 Å². The Kier molecular flexibility index (Phi) is 2.16. The van der Waals surface area contributed by atoms with Gasteiger partial charge in [0.25, 0.3) is 0 Å². The Hall–Kier alpha value is -1.03. The van der Waals surface area contributed by atoms with Gasteiger partial charge < -0.3 is 4.90 Å². The van der Waals surface area contributed by atoms with Crippen molar-refractivity contribution in [2.24, 2.45) is 7.05 Å². The Balaban J connectivity index is 1.73. The van der Waals surface area contributed by atoms with E-state index in [1.54, 1.807) is 0 Å². The molecule has 15 heavy (non-hydrogen) atoms. The molecule has 2 fully saturated rings. The second kappa shape index (κ2) is 3.52. The zero-order chi connectivity index (χ0) is 10.3. The van der Waals surface area contributed by atoms with Crippen LogP contribution in [0.3, 0.4) is 0 Å². The molecule has 0 radical (unpaired) electrons. The fraction of sp³-hybridized carbons (Fsp3) is 0.727. The zero-order valence-corrected chi connectivity index (χ0v) is 9.26. The van der Waals surface area contributed by atoms with Gasteiger partial charge >= 0.3 is 0 Å². The Bertz CT molecular complexity index is 346. The van der Waals surface area contributed by atoms with Crippen molar-refractivity contribution in [3.63, 3.8) is 0 Å². The van der Waals surface area contributed by atoms with E-state index in [1.807, 2.05) is 17.9 Å². The van der Waals surface area contributed by atoms with Crippen LogP contribution in [-0.2, 0) is 7.05 Å². The number of fused-ring (bicyclic) bond motifs is 1. The molecule has 0 bridgehead atoms. The van der Waals surface area contributed by atoms with Crippen LogP contribution in [0.5, 0.6) is 0 Å². The summed E-state index contributed by atoms with van der Waals surface area (Å²) < 4.78 is 1.89. The van der Waals surface area contributed by atoms with E-state index in [1.165, 1.54) is 25.9 Å². The minimum absolute atomic E-state index is 0.778. The van der Waals surface area contributed by atoms with Gasteiger partial charge in [-0.3, -0.25) is 9.58 Å². The van der Waals surface area contributed by atoms with Gasteiger partial charge in [0.1, 0.15) is 0 Å². The lowest BCUT2D eigenvalue weighted by Gasteiger charge is -2.37. The molecule has 0 aliphatic carbocycles. The quantitative estimate of drug-likeness (QED) is 0.676. The standard InChI is InChI=1S/C11H18N4/c1-13-6-4-11(12-13)15-8-7-14-5-2-3-10(14)9-15/h4,6,10H,2-3,5,7-9H2,1H3. The molecule has 82 valence electrons. The van der Waals surface area contributed by atoms with E-state index >= 15 is 0 Å².